The summed E-state index contributed by atoms with van der Waals surface area (Å²) in [5, 5.41) is 22.8. The molecule has 1 amide bonds. The zero-order chi connectivity index (χ0) is 18.6. The van der Waals surface area contributed by atoms with Gasteiger partial charge in [0.25, 0.3) is 5.69 Å². The van der Waals surface area contributed by atoms with Crippen LogP contribution in [0.4, 0.5) is 11.4 Å². The Balaban J connectivity index is 1.98. The number of amides is 1. The van der Waals surface area contributed by atoms with Crippen molar-refractivity contribution in [1.29, 1.82) is 0 Å². The van der Waals surface area contributed by atoms with Gasteiger partial charge in [-0.2, -0.15) is 0 Å². The lowest BCUT2D eigenvalue weighted by atomic mass is 10.0. The van der Waals surface area contributed by atoms with Crippen LogP contribution >= 0.6 is 0 Å². The number of carbonyl (C=O) groups excluding carboxylic acids is 2. The Morgan fingerprint density at radius 3 is 2.44 bits per heavy atom. The van der Waals surface area contributed by atoms with Gasteiger partial charge in [-0.1, -0.05) is 12.1 Å². The fourth-order valence-electron chi connectivity index (χ4n) is 2.24. The Bertz CT molecular complexity index is 845. The summed E-state index contributed by atoms with van der Waals surface area (Å²) in [6.45, 7) is 3.85. The number of hydrogen-bond donors (Lipinski definition) is 2. The zero-order valence-corrected chi connectivity index (χ0v) is 13.9. The number of anilines is 1. The minimum absolute atomic E-state index is 0.00399. The number of hydrogen-bond acceptors (Lipinski definition) is 5. The van der Waals surface area contributed by atoms with E-state index in [0.29, 0.717) is 5.56 Å². The summed E-state index contributed by atoms with van der Waals surface area (Å²) in [6, 6.07) is 8.68. The maximum Gasteiger partial charge on any atom is 0.271 e. The van der Waals surface area contributed by atoms with Gasteiger partial charge in [-0.05, 0) is 37.1 Å². The average molecular weight is 342 g/mol. The number of nitro benzene ring substituents is 1. The van der Waals surface area contributed by atoms with Gasteiger partial charge in [-0.3, -0.25) is 19.7 Å². The summed E-state index contributed by atoms with van der Waals surface area (Å²) >= 11 is 0. The van der Waals surface area contributed by atoms with Crippen LogP contribution in [0.3, 0.4) is 0 Å². The van der Waals surface area contributed by atoms with Crippen molar-refractivity contribution in [3.05, 3.63) is 63.2 Å². The number of non-ortho nitro benzene ring substituents is 1. The van der Waals surface area contributed by atoms with E-state index in [1.54, 1.807) is 12.1 Å². The number of carbonyl (C=O) groups is 2. The van der Waals surface area contributed by atoms with Crippen molar-refractivity contribution in [2.24, 2.45) is 0 Å². The lowest BCUT2D eigenvalue weighted by molar-refractivity contribution is -0.384. The molecule has 2 N–H and O–H groups in total. The molecule has 2 aromatic rings. The summed E-state index contributed by atoms with van der Waals surface area (Å²) in [6.07, 6.45) is -0.0854. The maximum atomic E-state index is 12.2. The van der Waals surface area contributed by atoms with E-state index in [1.807, 2.05) is 19.9 Å². The Kier molecular flexibility index (Phi) is 5.49. The Morgan fingerprint density at radius 2 is 1.80 bits per heavy atom. The normalized spacial score (nSPS) is 10.3. The third kappa shape index (κ3) is 4.63. The molecule has 0 aliphatic heterocycles. The molecule has 0 radical (unpaired) electrons. The van der Waals surface area contributed by atoms with Crippen molar-refractivity contribution in [2.45, 2.75) is 26.7 Å². The number of phenolic OH excluding ortho intramolecular Hbond substituents is 1. The fourth-order valence-corrected chi connectivity index (χ4v) is 2.24. The van der Waals surface area contributed by atoms with Gasteiger partial charge < -0.3 is 10.4 Å². The molecule has 0 fully saturated rings. The summed E-state index contributed by atoms with van der Waals surface area (Å²) in [5.74, 6) is -0.950. The largest absolute Gasteiger partial charge is 0.506 e. The van der Waals surface area contributed by atoms with Gasteiger partial charge in [0, 0.05) is 30.5 Å². The third-order valence-electron chi connectivity index (χ3n) is 3.87. The van der Waals surface area contributed by atoms with Gasteiger partial charge in [0.05, 0.1) is 10.6 Å². The number of nitrogens with one attached hydrogen (secondary N) is 1. The molecule has 0 aliphatic rings. The first-order chi connectivity index (χ1) is 11.8. The smallest absolute Gasteiger partial charge is 0.271 e. The molecule has 130 valence electrons. The van der Waals surface area contributed by atoms with Crippen molar-refractivity contribution >= 4 is 23.1 Å². The molecule has 2 rings (SSSR count). The molecule has 0 bridgehead atoms. The Labute approximate surface area is 144 Å². The maximum absolute atomic E-state index is 12.2. The zero-order valence-electron chi connectivity index (χ0n) is 13.9. The molecular formula is C18H18N2O5. The first-order valence-corrected chi connectivity index (χ1v) is 7.65. The van der Waals surface area contributed by atoms with Crippen LogP contribution in [0.25, 0.3) is 0 Å². The number of phenols is 1. The van der Waals surface area contributed by atoms with Gasteiger partial charge in [0.2, 0.25) is 5.91 Å². The Hall–Kier alpha value is -3.22. The van der Waals surface area contributed by atoms with Gasteiger partial charge in [0.15, 0.2) is 5.78 Å². The number of ketones is 1. The van der Waals surface area contributed by atoms with Gasteiger partial charge in [-0.15, -0.1) is 0 Å². The van der Waals surface area contributed by atoms with Crippen molar-refractivity contribution in [3.63, 3.8) is 0 Å². The topological polar surface area (TPSA) is 110 Å². The minimum atomic E-state index is -0.627. The fraction of sp³-hybridized carbons (Fsp3) is 0.222. The van der Waals surface area contributed by atoms with Crippen LogP contribution in [0.5, 0.6) is 5.75 Å². The highest BCUT2D eigenvalue weighted by Gasteiger charge is 2.14. The number of aryl methyl sites for hydroxylation is 2. The monoisotopic (exact) mass is 342 g/mol. The molecule has 0 saturated heterocycles. The SMILES string of the molecule is Cc1ccc(C(=O)CCC(=O)Nc2cc([N+](=O)[O-])ccc2O)cc1C. The molecule has 0 aromatic heterocycles. The van der Waals surface area contributed by atoms with Crippen molar-refractivity contribution < 1.29 is 19.6 Å². The number of nitro groups is 1. The number of aromatic hydroxyl groups is 1. The second-order valence-corrected chi connectivity index (χ2v) is 5.73. The highest BCUT2D eigenvalue weighted by atomic mass is 16.6. The quantitative estimate of drug-likeness (QED) is 0.361. The Morgan fingerprint density at radius 1 is 1.08 bits per heavy atom. The molecule has 0 atom stereocenters. The van der Waals surface area contributed by atoms with E-state index in [2.05, 4.69) is 5.32 Å². The summed E-state index contributed by atoms with van der Waals surface area (Å²) in [4.78, 5) is 34.2. The lowest BCUT2D eigenvalue weighted by Gasteiger charge is -2.08. The minimum Gasteiger partial charge on any atom is -0.506 e. The highest BCUT2D eigenvalue weighted by Crippen LogP contribution is 2.28. The van der Waals surface area contributed by atoms with Crippen LogP contribution < -0.4 is 5.32 Å². The first-order valence-electron chi connectivity index (χ1n) is 7.65. The van der Waals surface area contributed by atoms with E-state index in [4.69, 9.17) is 0 Å². The van der Waals surface area contributed by atoms with Crippen LogP contribution in [-0.4, -0.2) is 21.7 Å². The van der Waals surface area contributed by atoms with Crippen LogP contribution in [0.2, 0.25) is 0 Å². The molecule has 0 aliphatic carbocycles. The predicted molar refractivity (Wildman–Crippen MR) is 92.9 cm³/mol. The molecule has 0 saturated carbocycles. The van der Waals surface area contributed by atoms with Crippen LogP contribution in [0, 0.1) is 24.0 Å². The molecule has 0 heterocycles. The highest BCUT2D eigenvalue weighted by molar-refractivity contribution is 6.00. The van der Waals surface area contributed by atoms with Gasteiger partial charge in [-0.25, -0.2) is 0 Å². The average Bonchev–Trinajstić information content (AvgIpc) is 2.57. The number of nitrogens with zero attached hydrogens (tertiary/aromatic N) is 1. The number of rotatable bonds is 6. The van der Waals surface area contributed by atoms with Crippen LogP contribution in [0.15, 0.2) is 36.4 Å². The second kappa shape index (κ2) is 7.57. The molecular weight excluding hydrogens is 324 g/mol. The second-order valence-electron chi connectivity index (χ2n) is 5.73. The van der Waals surface area contributed by atoms with Gasteiger partial charge >= 0.3 is 0 Å². The summed E-state index contributed by atoms with van der Waals surface area (Å²) in [5.41, 5.74) is 2.30. The molecule has 2 aromatic carbocycles. The summed E-state index contributed by atoms with van der Waals surface area (Å²) in [7, 11) is 0. The van der Waals surface area contributed by atoms with E-state index < -0.39 is 10.8 Å². The molecule has 7 heteroatoms. The molecule has 0 spiro atoms. The van der Waals surface area contributed by atoms with Gasteiger partial charge in [0.1, 0.15) is 5.75 Å². The molecule has 0 unspecified atom stereocenters. The van der Waals surface area contributed by atoms with E-state index in [-0.39, 0.29) is 35.7 Å². The predicted octanol–water partition coefficient (Wildman–Crippen LogP) is 3.52. The van der Waals surface area contributed by atoms with Crippen molar-refractivity contribution in [1.82, 2.24) is 0 Å². The van der Waals surface area contributed by atoms with E-state index >= 15 is 0 Å². The van der Waals surface area contributed by atoms with E-state index in [1.165, 1.54) is 0 Å². The third-order valence-corrected chi connectivity index (χ3v) is 3.87. The number of Topliss-reactive ketones (excluding diaryl/α,β-unsaturated/α-hetero) is 1. The van der Waals surface area contributed by atoms with E-state index in [0.717, 1.165) is 29.3 Å². The van der Waals surface area contributed by atoms with Crippen LogP contribution in [0.1, 0.15) is 34.3 Å². The van der Waals surface area contributed by atoms with E-state index in [9.17, 15) is 24.8 Å². The van der Waals surface area contributed by atoms with Crippen LogP contribution in [-0.2, 0) is 4.79 Å². The first kappa shape index (κ1) is 18.1. The lowest BCUT2D eigenvalue weighted by Crippen LogP contribution is -2.14. The molecule has 7 nitrogen and oxygen atoms in total. The van der Waals surface area contributed by atoms with Crippen molar-refractivity contribution in [2.75, 3.05) is 5.32 Å². The van der Waals surface area contributed by atoms with Crippen molar-refractivity contribution in [3.8, 4) is 5.75 Å². The summed E-state index contributed by atoms with van der Waals surface area (Å²) < 4.78 is 0. The molecule has 25 heavy (non-hydrogen) atoms. The standard InChI is InChI=1S/C18H18N2O5/c1-11-3-4-13(9-12(11)2)16(21)7-8-18(23)19-15-10-14(20(24)25)5-6-17(15)22/h3-6,9-10,22H,7-8H2,1-2H3,(H,19,23). The number of benzene rings is 2.